The molecule has 1 N–H and O–H groups in total. The van der Waals surface area contributed by atoms with E-state index in [0.717, 1.165) is 29.0 Å². The number of aromatic nitrogens is 1. The van der Waals surface area contributed by atoms with E-state index in [1.165, 1.54) is 5.56 Å². The van der Waals surface area contributed by atoms with Gasteiger partial charge >= 0.3 is 0 Å². The van der Waals surface area contributed by atoms with E-state index in [0.29, 0.717) is 0 Å². The minimum Gasteiger partial charge on any atom is -0.508 e. The molecule has 0 aliphatic heterocycles. The summed E-state index contributed by atoms with van der Waals surface area (Å²) in [5, 5.41) is 13.4. The zero-order valence-corrected chi connectivity index (χ0v) is 11.2. The van der Waals surface area contributed by atoms with Crippen LogP contribution in [-0.4, -0.2) is 10.3 Å². The van der Waals surface area contributed by atoms with E-state index in [-0.39, 0.29) is 5.75 Å². The van der Waals surface area contributed by atoms with Crippen LogP contribution in [0.1, 0.15) is 12.5 Å². The normalized spacial score (nSPS) is 10.7. The van der Waals surface area contributed by atoms with Gasteiger partial charge in [0, 0.05) is 17.2 Å². The molecule has 0 saturated carbocycles. The lowest BCUT2D eigenvalue weighted by molar-refractivity contribution is 0.435. The Morgan fingerprint density at radius 3 is 2.25 bits per heavy atom. The van der Waals surface area contributed by atoms with E-state index in [2.05, 4.69) is 24.2 Å². The second-order valence-corrected chi connectivity index (χ2v) is 4.67. The molecule has 0 aliphatic carbocycles. The summed E-state index contributed by atoms with van der Waals surface area (Å²) in [5.41, 5.74) is 3.99. The topological polar surface area (TPSA) is 46.3 Å². The van der Waals surface area contributed by atoms with Gasteiger partial charge in [-0.1, -0.05) is 36.3 Å². The molecule has 20 heavy (non-hydrogen) atoms. The number of rotatable bonds is 3. The van der Waals surface area contributed by atoms with Gasteiger partial charge in [-0.25, -0.2) is 0 Å². The molecule has 0 amide bonds. The Morgan fingerprint density at radius 1 is 0.950 bits per heavy atom. The molecule has 3 nitrogen and oxygen atoms in total. The Kier molecular flexibility index (Phi) is 3.25. The van der Waals surface area contributed by atoms with Crippen molar-refractivity contribution in [2.24, 2.45) is 0 Å². The van der Waals surface area contributed by atoms with Crippen molar-refractivity contribution in [1.82, 2.24) is 5.16 Å². The zero-order valence-electron chi connectivity index (χ0n) is 11.2. The molecule has 100 valence electrons. The average Bonchev–Trinajstić information content (AvgIpc) is 2.98. The van der Waals surface area contributed by atoms with E-state index in [1.807, 2.05) is 30.3 Å². The summed E-state index contributed by atoms with van der Waals surface area (Å²) < 4.78 is 5.40. The lowest BCUT2D eigenvalue weighted by Crippen LogP contribution is -1.79. The highest BCUT2D eigenvalue weighted by atomic mass is 16.5. The predicted octanol–water partition coefficient (Wildman–Crippen LogP) is 4.28. The summed E-state index contributed by atoms with van der Waals surface area (Å²) in [6.45, 7) is 2.13. The maximum atomic E-state index is 9.29. The first kappa shape index (κ1) is 12.5. The monoisotopic (exact) mass is 265 g/mol. The number of aromatic hydroxyl groups is 1. The number of phenolic OH excluding ortho intramolecular Hbond substituents is 1. The minimum atomic E-state index is 0.243. The van der Waals surface area contributed by atoms with Gasteiger partial charge in [-0.15, -0.1) is 0 Å². The van der Waals surface area contributed by atoms with Crippen molar-refractivity contribution in [3.63, 3.8) is 0 Å². The third-order valence-electron chi connectivity index (χ3n) is 3.32. The van der Waals surface area contributed by atoms with Gasteiger partial charge in [-0.3, -0.25) is 0 Å². The van der Waals surface area contributed by atoms with Crippen molar-refractivity contribution in [3.05, 3.63) is 60.2 Å². The van der Waals surface area contributed by atoms with Crippen molar-refractivity contribution in [1.29, 1.82) is 0 Å². The van der Waals surface area contributed by atoms with E-state index >= 15 is 0 Å². The van der Waals surface area contributed by atoms with Crippen LogP contribution in [0.15, 0.2) is 59.1 Å². The van der Waals surface area contributed by atoms with Crippen molar-refractivity contribution < 1.29 is 9.63 Å². The maximum absolute atomic E-state index is 9.29. The molecule has 0 atom stereocenters. The Balaban J connectivity index is 1.91. The highest BCUT2D eigenvalue weighted by molar-refractivity contribution is 5.67. The molecule has 3 aromatic rings. The molecule has 0 fully saturated rings. The summed E-state index contributed by atoms with van der Waals surface area (Å²) in [4.78, 5) is 0. The highest BCUT2D eigenvalue weighted by Gasteiger charge is 2.08. The lowest BCUT2D eigenvalue weighted by atomic mass is 10.1. The van der Waals surface area contributed by atoms with Crippen molar-refractivity contribution in [2.45, 2.75) is 13.3 Å². The van der Waals surface area contributed by atoms with E-state index < -0.39 is 0 Å². The number of benzene rings is 2. The molecule has 0 unspecified atom stereocenters. The smallest absolute Gasteiger partial charge is 0.167 e. The Hall–Kier alpha value is -2.55. The van der Waals surface area contributed by atoms with Gasteiger partial charge in [0.05, 0.1) is 0 Å². The standard InChI is InChI=1S/C17H15NO2/c1-2-12-3-5-14(6-4-12)17-11-16(18-20-17)13-7-9-15(19)10-8-13/h3-11,19H,2H2,1H3. The van der Waals surface area contributed by atoms with Crippen LogP contribution in [-0.2, 0) is 6.42 Å². The van der Waals surface area contributed by atoms with Crippen LogP contribution in [0, 0.1) is 0 Å². The molecule has 1 aromatic heterocycles. The van der Waals surface area contributed by atoms with Gasteiger partial charge in [-0.2, -0.15) is 0 Å². The first-order chi connectivity index (χ1) is 9.76. The first-order valence-corrected chi connectivity index (χ1v) is 6.61. The predicted molar refractivity (Wildman–Crippen MR) is 78.4 cm³/mol. The Bertz CT molecular complexity index is 697. The van der Waals surface area contributed by atoms with E-state index in [1.54, 1.807) is 12.1 Å². The fourth-order valence-electron chi connectivity index (χ4n) is 2.08. The number of hydrogen-bond acceptors (Lipinski definition) is 3. The Labute approximate surface area is 117 Å². The van der Waals surface area contributed by atoms with Crippen LogP contribution in [0.2, 0.25) is 0 Å². The SMILES string of the molecule is CCc1ccc(-c2cc(-c3ccc(O)cc3)no2)cc1. The summed E-state index contributed by atoms with van der Waals surface area (Å²) in [7, 11) is 0. The van der Waals surface area contributed by atoms with Crippen LogP contribution in [0.4, 0.5) is 0 Å². The van der Waals surface area contributed by atoms with Crippen molar-refractivity contribution >= 4 is 0 Å². The molecule has 3 heteroatoms. The van der Waals surface area contributed by atoms with Crippen LogP contribution >= 0.6 is 0 Å². The number of aryl methyl sites for hydroxylation is 1. The first-order valence-electron chi connectivity index (χ1n) is 6.61. The Morgan fingerprint density at radius 2 is 1.60 bits per heavy atom. The van der Waals surface area contributed by atoms with Crippen LogP contribution in [0.25, 0.3) is 22.6 Å². The molecular weight excluding hydrogens is 250 g/mol. The summed E-state index contributed by atoms with van der Waals surface area (Å²) >= 11 is 0. The summed E-state index contributed by atoms with van der Waals surface area (Å²) in [6.07, 6.45) is 1.02. The summed E-state index contributed by atoms with van der Waals surface area (Å²) in [5.74, 6) is 0.989. The highest BCUT2D eigenvalue weighted by Crippen LogP contribution is 2.27. The van der Waals surface area contributed by atoms with Crippen LogP contribution in [0.3, 0.4) is 0 Å². The van der Waals surface area contributed by atoms with Gasteiger partial charge < -0.3 is 9.63 Å². The van der Waals surface area contributed by atoms with E-state index in [4.69, 9.17) is 4.52 Å². The largest absolute Gasteiger partial charge is 0.508 e. The molecule has 0 aliphatic rings. The molecule has 2 aromatic carbocycles. The third kappa shape index (κ3) is 2.43. The second kappa shape index (κ2) is 5.21. The van der Waals surface area contributed by atoms with Crippen LogP contribution < -0.4 is 0 Å². The second-order valence-electron chi connectivity index (χ2n) is 4.67. The molecule has 0 spiro atoms. The molecule has 3 rings (SSSR count). The van der Waals surface area contributed by atoms with E-state index in [9.17, 15) is 5.11 Å². The maximum Gasteiger partial charge on any atom is 0.167 e. The molecule has 1 heterocycles. The van der Waals surface area contributed by atoms with Crippen molar-refractivity contribution in [3.8, 4) is 28.3 Å². The molecule has 0 radical (unpaired) electrons. The summed E-state index contributed by atoms with van der Waals surface area (Å²) in [6, 6.07) is 17.1. The number of hydrogen-bond donors (Lipinski definition) is 1. The van der Waals surface area contributed by atoms with Gasteiger partial charge in [0.25, 0.3) is 0 Å². The zero-order chi connectivity index (χ0) is 13.9. The van der Waals surface area contributed by atoms with Gasteiger partial charge in [-0.05, 0) is 36.2 Å². The quantitative estimate of drug-likeness (QED) is 0.769. The van der Waals surface area contributed by atoms with Crippen LogP contribution in [0.5, 0.6) is 5.75 Å². The third-order valence-corrected chi connectivity index (χ3v) is 3.32. The fourth-order valence-corrected chi connectivity index (χ4v) is 2.08. The van der Waals surface area contributed by atoms with Gasteiger partial charge in [0.2, 0.25) is 0 Å². The number of nitrogens with zero attached hydrogens (tertiary/aromatic N) is 1. The minimum absolute atomic E-state index is 0.243. The van der Waals surface area contributed by atoms with Gasteiger partial charge in [0.15, 0.2) is 5.76 Å². The average molecular weight is 265 g/mol. The van der Waals surface area contributed by atoms with Gasteiger partial charge in [0.1, 0.15) is 11.4 Å². The lowest BCUT2D eigenvalue weighted by Gasteiger charge is -1.98. The fraction of sp³-hybridized carbons (Fsp3) is 0.118. The molecular formula is C17H15NO2. The molecule has 0 bridgehead atoms. The van der Waals surface area contributed by atoms with Crippen molar-refractivity contribution in [2.75, 3.05) is 0 Å². The number of phenols is 1. The molecule has 0 saturated heterocycles.